The van der Waals surface area contributed by atoms with Crippen LogP contribution in [0.5, 0.6) is 0 Å². The van der Waals surface area contributed by atoms with Crippen LogP contribution in [0.3, 0.4) is 0 Å². The van der Waals surface area contributed by atoms with Gasteiger partial charge in [0.1, 0.15) is 6.04 Å². The molecule has 2 fully saturated rings. The number of likely N-dealkylation sites (N-methyl/N-ethyl adjacent to an activating group) is 1. The third kappa shape index (κ3) is 3.84. The summed E-state index contributed by atoms with van der Waals surface area (Å²) in [7, 11) is -3.06. The van der Waals surface area contributed by atoms with Crippen molar-refractivity contribution in [3.63, 3.8) is 0 Å². The summed E-state index contributed by atoms with van der Waals surface area (Å²) in [6.07, 6.45) is 0.704. The number of hydrogen-bond acceptors (Lipinski definition) is 7. The van der Waals surface area contributed by atoms with E-state index in [1.807, 2.05) is 0 Å². The molecule has 0 spiro atoms. The SMILES string of the molecule is CNCCONC(=O)[C@@H]1CC[C@@H]2CN1C(=O)N2OS(=O)(=O)O. The second kappa shape index (κ2) is 6.75. The molecule has 2 saturated heterocycles. The summed E-state index contributed by atoms with van der Waals surface area (Å²) in [6, 6.07) is -2.08. The lowest BCUT2D eigenvalue weighted by molar-refractivity contribution is -0.138. The highest BCUT2D eigenvalue weighted by Gasteiger charge is 2.49. The summed E-state index contributed by atoms with van der Waals surface area (Å²) in [5, 5.41) is 3.43. The maximum atomic E-state index is 12.1. The standard InChI is InChI=1S/C10H18N4O7S/c1-11-4-5-20-12-9(15)8-3-2-7-6-13(8)10(16)14(7)21-22(17,18)19/h7-8,11H,2-6H2,1H3,(H,12,15)(H,17,18,19)/t7-,8+/m1/s1. The molecule has 0 saturated carbocycles. The largest absolute Gasteiger partial charge is 0.418 e. The average Bonchev–Trinajstić information content (AvgIpc) is 2.67. The molecular formula is C10H18N4O7S. The van der Waals surface area contributed by atoms with Gasteiger partial charge in [-0.3, -0.25) is 14.2 Å². The third-order valence-corrected chi connectivity index (χ3v) is 3.78. The van der Waals surface area contributed by atoms with Gasteiger partial charge in [0.2, 0.25) is 0 Å². The van der Waals surface area contributed by atoms with Crippen molar-refractivity contribution >= 4 is 22.3 Å². The van der Waals surface area contributed by atoms with E-state index in [1.165, 1.54) is 4.90 Å². The fraction of sp³-hybridized carbons (Fsp3) is 0.800. The first-order valence-electron chi connectivity index (χ1n) is 6.66. The summed E-state index contributed by atoms with van der Waals surface area (Å²) in [5.74, 6) is -0.489. The number of hydroxylamine groups is 3. The maximum absolute atomic E-state index is 12.1. The number of nitrogens with zero attached hydrogens (tertiary/aromatic N) is 2. The number of rotatable bonds is 7. The second-order valence-electron chi connectivity index (χ2n) is 4.93. The zero-order valence-electron chi connectivity index (χ0n) is 11.9. The van der Waals surface area contributed by atoms with Crippen molar-refractivity contribution < 1.29 is 31.7 Å². The van der Waals surface area contributed by atoms with Gasteiger partial charge in [-0.25, -0.2) is 10.3 Å². The molecule has 2 rings (SSSR count). The Morgan fingerprint density at radius 1 is 1.45 bits per heavy atom. The van der Waals surface area contributed by atoms with Crippen LogP contribution in [0.25, 0.3) is 0 Å². The molecule has 2 heterocycles. The van der Waals surface area contributed by atoms with Gasteiger partial charge >= 0.3 is 16.4 Å². The summed E-state index contributed by atoms with van der Waals surface area (Å²) in [4.78, 5) is 30.2. The van der Waals surface area contributed by atoms with Gasteiger partial charge in [-0.15, -0.1) is 4.28 Å². The monoisotopic (exact) mass is 338 g/mol. The Hall–Kier alpha value is -1.47. The average molecular weight is 338 g/mol. The first-order valence-corrected chi connectivity index (χ1v) is 8.03. The zero-order valence-corrected chi connectivity index (χ0v) is 12.7. The zero-order chi connectivity index (χ0) is 16.3. The lowest BCUT2D eigenvalue weighted by Gasteiger charge is -2.28. The van der Waals surface area contributed by atoms with Gasteiger partial charge in [-0.1, -0.05) is 0 Å². The molecule has 0 aromatic heterocycles. The van der Waals surface area contributed by atoms with Crippen LogP contribution in [-0.2, 0) is 24.3 Å². The van der Waals surface area contributed by atoms with Crippen molar-refractivity contribution in [2.45, 2.75) is 24.9 Å². The van der Waals surface area contributed by atoms with Crippen molar-refractivity contribution in [1.29, 1.82) is 0 Å². The van der Waals surface area contributed by atoms with Gasteiger partial charge in [0.05, 0.1) is 12.6 Å². The van der Waals surface area contributed by atoms with Gasteiger partial charge in [0, 0.05) is 13.1 Å². The molecule has 2 aliphatic heterocycles. The Morgan fingerprint density at radius 3 is 2.82 bits per heavy atom. The summed E-state index contributed by atoms with van der Waals surface area (Å²) >= 11 is 0. The van der Waals surface area contributed by atoms with Crippen LogP contribution >= 0.6 is 0 Å². The number of piperidine rings is 1. The minimum absolute atomic E-state index is 0.142. The van der Waals surface area contributed by atoms with Gasteiger partial charge in [-0.2, -0.15) is 13.5 Å². The third-order valence-electron chi connectivity index (χ3n) is 3.43. The molecule has 2 aliphatic rings. The van der Waals surface area contributed by atoms with E-state index in [1.54, 1.807) is 7.05 Å². The number of urea groups is 1. The van der Waals surface area contributed by atoms with E-state index in [4.69, 9.17) is 9.39 Å². The van der Waals surface area contributed by atoms with Crippen molar-refractivity contribution in [1.82, 2.24) is 20.8 Å². The van der Waals surface area contributed by atoms with Crippen LogP contribution in [0.2, 0.25) is 0 Å². The van der Waals surface area contributed by atoms with Crippen molar-refractivity contribution in [2.24, 2.45) is 0 Å². The van der Waals surface area contributed by atoms with Crippen LogP contribution in [-0.4, -0.2) is 73.7 Å². The van der Waals surface area contributed by atoms with E-state index in [-0.39, 0.29) is 13.2 Å². The number of hydrogen-bond donors (Lipinski definition) is 3. The van der Waals surface area contributed by atoms with Crippen LogP contribution < -0.4 is 10.8 Å². The van der Waals surface area contributed by atoms with E-state index >= 15 is 0 Å². The molecule has 126 valence electrons. The Bertz CT molecular complexity index is 539. The number of fused-ring (bicyclic) bond motifs is 2. The molecule has 12 heteroatoms. The summed E-state index contributed by atoms with van der Waals surface area (Å²) in [5.41, 5.74) is 2.25. The first-order chi connectivity index (χ1) is 10.3. The van der Waals surface area contributed by atoms with Crippen LogP contribution in [0.1, 0.15) is 12.8 Å². The lowest BCUT2D eigenvalue weighted by atomic mass is 10.0. The minimum Gasteiger partial charge on any atom is -0.317 e. The molecule has 3 N–H and O–H groups in total. The molecule has 22 heavy (non-hydrogen) atoms. The number of carbonyl (C=O) groups excluding carboxylic acids is 2. The molecule has 0 radical (unpaired) electrons. The van der Waals surface area contributed by atoms with Gasteiger partial charge < -0.3 is 10.2 Å². The highest BCUT2D eigenvalue weighted by Crippen LogP contribution is 2.30. The molecule has 2 atom stereocenters. The Labute approximate surface area is 127 Å². The van der Waals surface area contributed by atoms with E-state index < -0.39 is 34.4 Å². The minimum atomic E-state index is -4.79. The highest BCUT2D eigenvalue weighted by atomic mass is 32.3. The van der Waals surface area contributed by atoms with E-state index in [2.05, 4.69) is 15.1 Å². The molecule has 0 aromatic carbocycles. The first kappa shape index (κ1) is 16.9. The predicted octanol–water partition coefficient (Wildman–Crippen LogP) is -1.74. The van der Waals surface area contributed by atoms with Gasteiger partial charge in [-0.05, 0) is 19.9 Å². The van der Waals surface area contributed by atoms with E-state index in [0.29, 0.717) is 24.4 Å². The van der Waals surface area contributed by atoms with Gasteiger partial charge in [0.15, 0.2) is 0 Å². The van der Waals surface area contributed by atoms with E-state index in [0.717, 1.165) is 0 Å². The molecule has 0 unspecified atom stereocenters. The number of carbonyl (C=O) groups is 2. The molecule has 3 amide bonds. The lowest BCUT2D eigenvalue weighted by Crippen LogP contribution is -2.50. The Balaban J connectivity index is 1.95. The van der Waals surface area contributed by atoms with Crippen molar-refractivity contribution in [3.05, 3.63) is 0 Å². The molecule has 2 bridgehead atoms. The summed E-state index contributed by atoms with van der Waals surface area (Å²) < 4.78 is 34.5. The van der Waals surface area contributed by atoms with E-state index in [9.17, 15) is 18.0 Å². The Morgan fingerprint density at radius 2 is 2.18 bits per heavy atom. The van der Waals surface area contributed by atoms with Crippen LogP contribution in [0, 0.1) is 0 Å². The molecule has 0 aliphatic carbocycles. The topological polar surface area (TPSA) is 138 Å². The molecule has 0 aromatic rings. The fourth-order valence-electron chi connectivity index (χ4n) is 2.45. The van der Waals surface area contributed by atoms with Crippen molar-refractivity contribution in [3.8, 4) is 0 Å². The highest BCUT2D eigenvalue weighted by molar-refractivity contribution is 7.80. The van der Waals surface area contributed by atoms with Crippen molar-refractivity contribution in [2.75, 3.05) is 26.7 Å². The van der Waals surface area contributed by atoms with Crippen LogP contribution in [0.15, 0.2) is 0 Å². The normalized spacial score (nSPS) is 24.7. The molecular weight excluding hydrogens is 320 g/mol. The quantitative estimate of drug-likeness (QED) is 0.282. The fourth-order valence-corrected chi connectivity index (χ4v) is 2.84. The molecule has 11 nitrogen and oxygen atoms in total. The van der Waals surface area contributed by atoms with Crippen LogP contribution in [0.4, 0.5) is 4.79 Å². The summed E-state index contributed by atoms with van der Waals surface area (Å²) in [6.45, 7) is 0.956. The smallest absolute Gasteiger partial charge is 0.317 e. The number of nitrogens with one attached hydrogen (secondary N) is 2. The predicted molar refractivity (Wildman–Crippen MR) is 71.4 cm³/mol. The maximum Gasteiger partial charge on any atom is 0.418 e. The van der Waals surface area contributed by atoms with Gasteiger partial charge in [0.25, 0.3) is 5.91 Å². The Kier molecular flexibility index (Phi) is 5.18. The number of amides is 3. The second-order valence-corrected chi connectivity index (χ2v) is 5.93.